The summed E-state index contributed by atoms with van der Waals surface area (Å²) in [4.78, 5) is 28.4. The molecule has 1 N–H and O–H groups in total. The minimum atomic E-state index is -4.30. The standard InChI is InChI=1S/C30H34FN3O4S/c1-22-16-18-24(19-17-22)20-33(23(2)30(36)32-25-10-6-7-11-25)29(35)21-34(28-15-9-8-14-27(28)31)39(37,38)26-12-4-3-5-13-26/h3-5,8-9,12-19,23,25H,6-7,10-11,20-21H2,1-2H3,(H,32,36)/t23-/m0/s1. The normalized spacial score (nSPS) is 14.5. The zero-order valence-electron chi connectivity index (χ0n) is 22.2. The van der Waals surface area contributed by atoms with E-state index >= 15 is 0 Å². The fraction of sp³-hybridized carbons (Fsp3) is 0.333. The average Bonchev–Trinajstić information content (AvgIpc) is 3.45. The summed E-state index contributed by atoms with van der Waals surface area (Å²) < 4.78 is 43.1. The number of amides is 2. The van der Waals surface area contributed by atoms with Crippen LogP contribution in [0.2, 0.25) is 0 Å². The highest BCUT2D eigenvalue weighted by atomic mass is 32.2. The Kier molecular flexibility index (Phi) is 9.01. The number of sulfonamides is 1. The molecule has 0 bridgehead atoms. The van der Waals surface area contributed by atoms with E-state index in [1.807, 2.05) is 31.2 Å². The maximum atomic E-state index is 14.9. The SMILES string of the molecule is Cc1ccc(CN(C(=O)CN(c2ccccc2F)S(=O)(=O)c2ccccc2)[C@@H](C)C(=O)NC2CCCC2)cc1. The van der Waals surface area contributed by atoms with Crippen molar-refractivity contribution in [2.75, 3.05) is 10.8 Å². The minimum absolute atomic E-state index is 0.0599. The number of para-hydroxylation sites is 1. The van der Waals surface area contributed by atoms with Gasteiger partial charge in [-0.15, -0.1) is 0 Å². The summed E-state index contributed by atoms with van der Waals surface area (Å²) in [5, 5.41) is 3.03. The largest absolute Gasteiger partial charge is 0.352 e. The molecule has 4 rings (SSSR count). The molecule has 0 radical (unpaired) electrons. The quantitative estimate of drug-likeness (QED) is 0.392. The summed E-state index contributed by atoms with van der Waals surface area (Å²) in [6, 6.07) is 19.8. The van der Waals surface area contributed by atoms with E-state index in [-0.39, 0.29) is 29.1 Å². The van der Waals surface area contributed by atoms with Crippen molar-refractivity contribution >= 4 is 27.5 Å². The van der Waals surface area contributed by atoms with Crippen molar-refractivity contribution in [3.63, 3.8) is 0 Å². The Morgan fingerprint density at radius 2 is 1.56 bits per heavy atom. The van der Waals surface area contributed by atoms with Gasteiger partial charge in [-0.1, -0.05) is 73.0 Å². The molecule has 1 atom stereocenters. The number of halogens is 1. The number of nitrogens with zero attached hydrogens (tertiary/aromatic N) is 2. The molecule has 1 aliphatic rings. The maximum Gasteiger partial charge on any atom is 0.264 e. The molecule has 0 saturated heterocycles. The van der Waals surface area contributed by atoms with Gasteiger partial charge in [0, 0.05) is 12.6 Å². The second kappa shape index (κ2) is 12.4. The van der Waals surface area contributed by atoms with Crippen molar-refractivity contribution in [2.24, 2.45) is 0 Å². The number of hydrogen-bond acceptors (Lipinski definition) is 4. The number of nitrogens with one attached hydrogen (secondary N) is 1. The fourth-order valence-electron chi connectivity index (χ4n) is 4.75. The van der Waals surface area contributed by atoms with Gasteiger partial charge in [0.1, 0.15) is 18.4 Å². The van der Waals surface area contributed by atoms with Gasteiger partial charge in [0.2, 0.25) is 11.8 Å². The average molecular weight is 552 g/mol. The summed E-state index contributed by atoms with van der Waals surface area (Å²) >= 11 is 0. The highest BCUT2D eigenvalue weighted by molar-refractivity contribution is 7.92. The number of aryl methyl sites for hydroxylation is 1. The summed E-state index contributed by atoms with van der Waals surface area (Å²) in [7, 11) is -4.30. The van der Waals surface area contributed by atoms with E-state index in [2.05, 4.69) is 5.32 Å². The monoisotopic (exact) mass is 551 g/mol. The molecule has 1 fully saturated rings. The van der Waals surface area contributed by atoms with Crippen molar-refractivity contribution < 1.29 is 22.4 Å². The summed E-state index contributed by atoms with van der Waals surface area (Å²) in [5.74, 6) is -1.69. The van der Waals surface area contributed by atoms with E-state index in [9.17, 15) is 22.4 Å². The van der Waals surface area contributed by atoms with Crippen LogP contribution in [0.3, 0.4) is 0 Å². The van der Waals surface area contributed by atoms with Gasteiger partial charge in [-0.25, -0.2) is 12.8 Å². The zero-order valence-corrected chi connectivity index (χ0v) is 23.0. The molecule has 0 aromatic heterocycles. The van der Waals surface area contributed by atoms with E-state index in [1.165, 1.54) is 35.2 Å². The molecule has 3 aromatic carbocycles. The molecule has 39 heavy (non-hydrogen) atoms. The summed E-state index contributed by atoms with van der Waals surface area (Å²) in [6.07, 6.45) is 3.86. The smallest absolute Gasteiger partial charge is 0.264 e. The van der Waals surface area contributed by atoms with Crippen LogP contribution in [0.1, 0.15) is 43.7 Å². The Hall–Kier alpha value is -3.72. The molecule has 1 aliphatic carbocycles. The Balaban J connectivity index is 1.68. The van der Waals surface area contributed by atoms with Gasteiger partial charge in [0.25, 0.3) is 10.0 Å². The van der Waals surface area contributed by atoms with Crippen LogP contribution in [0.15, 0.2) is 83.8 Å². The highest BCUT2D eigenvalue weighted by Gasteiger charge is 2.34. The lowest BCUT2D eigenvalue weighted by Gasteiger charge is -2.32. The molecular formula is C30H34FN3O4S. The lowest BCUT2D eigenvalue weighted by Crippen LogP contribution is -2.52. The van der Waals surface area contributed by atoms with E-state index in [0.717, 1.165) is 47.2 Å². The van der Waals surface area contributed by atoms with Crippen LogP contribution in [0, 0.1) is 12.7 Å². The first-order chi connectivity index (χ1) is 18.7. The first kappa shape index (κ1) is 28.3. The topological polar surface area (TPSA) is 86.8 Å². The lowest BCUT2D eigenvalue weighted by molar-refractivity contribution is -0.139. The van der Waals surface area contributed by atoms with Crippen LogP contribution in [0.25, 0.3) is 0 Å². The van der Waals surface area contributed by atoms with Gasteiger partial charge in [0.15, 0.2) is 0 Å². The molecule has 0 aliphatic heterocycles. The third-order valence-corrected chi connectivity index (χ3v) is 8.85. The first-order valence-electron chi connectivity index (χ1n) is 13.1. The maximum absolute atomic E-state index is 14.9. The Morgan fingerprint density at radius 3 is 2.21 bits per heavy atom. The Morgan fingerprint density at radius 1 is 0.949 bits per heavy atom. The van der Waals surface area contributed by atoms with Gasteiger partial charge < -0.3 is 10.2 Å². The minimum Gasteiger partial charge on any atom is -0.352 e. The van der Waals surface area contributed by atoms with Crippen molar-refractivity contribution in [1.82, 2.24) is 10.2 Å². The highest BCUT2D eigenvalue weighted by Crippen LogP contribution is 2.27. The predicted molar refractivity (Wildman–Crippen MR) is 149 cm³/mol. The molecule has 0 unspecified atom stereocenters. The first-order valence-corrected chi connectivity index (χ1v) is 14.6. The molecular weight excluding hydrogens is 517 g/mol. The number of carbonyl (C=O) groups is 2. The van der Waals surface area contributed by atoms with E-state index < -0.39 is 34.3 Å². The van der Waals surface area contributed by atoms with Gasteiger partial charge >= 0.3 is 0 Å². The van der Waals surface area contributed by atoms with Crippen LogP contribution >= 0.6 is 0 Å². The van der Waals surface area contributed by atoms with Crippen LogP contribution in [-0.4, -0.2) is 43.8 Å². The van der Waals surface area contributed by atoms with Crippen molar-refractivity contribution in [3.8, 4) is 0 Å². The number of benzene rings is 3. The molecule has 1 saturated carbocycles. The van der Waals surface area contributed by atoms with Crippen molar-refractivity contribution in [3.05, 3.63) is 95.8 Å². The molecule has 9 heteroatoms. The third kappa shape index (κ3) is 6.84. The van der Waals surface area contributed by atoms with Gasteiger partial charge in [-0.2, -0.15) is 0 Å². The molecule has 0 heterocycles. The Labute approximate surface area is 229 Å². The van der Waals surface area contributed by atoms with Crippen LogP contribution in [0.4, 0.5) is 10.1 Å². The number of rotatable bonds is 10. The lowest BCUT2D eigenvalue weighted by atomic mass is 10.1. The van der Waals surface area contributed by atoms with Gasteiger partial charge in [0.05, 0.1) is 10.6 Å². The predicted octanol–water partition coefficient (Wildman–Crippen LogP) is 4.81. The number of anilines is 1. The molecule has 0 spiro atoms. The van der Waals surface area contributed by atoms with Crippen molar-refractivity contribution in [1.29, 1.82) is 0 Å². The summed E-state index contributed by atoms with van der Waals surface area (Å²) in [5.41, 5.74) is 1.59. The Bertz CT molecular complexity index is 1390. The second-order valence-electron chi connectivity index (χ2n) is 9.95. The van der Waals surface area contributed by atoms with E-state index in [0.29, 0.717) is 0 Å². The van der Waals surface area contributed by atoms with Crippen LogP contribution < -0.4 is 9.62 Å². The second-order valence-corrected chi connectivity index (χ2v) is 11.8. The molecule has 7 nitrogen and oxygen atoms in total. The fourth-order valence-corrected chi connectivity index (χ4v) is 6.19. The van der Waals surface area contributed by atoms with Crippen LogP contribution in [-0.2, 0) is 26.2 Å². The number of hydrogen-bond donors (Lipinski definition) is 1. The summed E-state index contributed by atoms with van der Waals surface area (Å²) in [6.45, 7) is 3.00. The van der Waals surface area contributed by atoms with E-state index in [4.69, 9.17) is 0 Å². The van der Waals surface area contributed by atoms with Gasteiger partial charge in [-0.3, -0.25) is 13.9 Å². The van der Waals surface area contributed by atoms with E-state index in [1.54, 1.807) is 25.1 Å². The van der Waals surface area contributed by atoms with Crippen molar-refractivity contribution in [2.45, 2.75) is 63.1 Å². The van der Waals surface area contributed by atoms with Crippen LogP contribution in [0.5, 0.6) is 0 Å². The zero-order chi connectivity index (χ0) is 28.0. The number of carbonyl (C=O) groups excluding carboxylic acids is 2. The van der Waals surface area contributed by atoms with Gasteiger partial charge in [-0.05, 0) is 56.5 Å². The third-order valence-electron chi connectivity index (χ3n) is 7.07. The molecule has 3 aromatic rings. The molecule has 2 amide bonds. The molecule has 206 valence electrons.